The molecule has 3 rings (SSSR count). The number of amides is 2. The third-order valence-corrected chi connectivity index (χ3v) is 4.25. The molecule has 0 bridgehead atoms. The fourth-order valence-corrected chi connectivity index (χ4v) is 2.95. The highest BCUT2D eigenvalue weighted by molar-refractivity contribution is 6.03. The zero-order valence-electron chi connectivity index (χ0n) is 13.8. The van der Waals surface area contributed by atoms with Crippen LogP contribution in [0.5, 0.6) is 5.75 Å². The molecule has 2 aromatic carbocycles. The zero-order chi connectivity index (χ0) is 17.8. The van der Waals surface area contributed by atoms with Gasteiger partial charge in [-0.15, -0.1) is 0 Å². The fourth-order valence-electron chi connectivity index (χ4n) is 2.95. The first kappa shape index (κ1) is 16.7. The van der Waals surface area contributed by atoms with Crippen molar-refractivity contribution in [2.75, 3.05) is 6.54 Å². The Morgan fingerprint density at radius 2 is 2.04 bits per heavy atom. The van der Waals surface area contributed by atoms with E-state index in [9.17, 15) is 14.7 Å². The fraction of sp³-hybridized carbons (Fsp3) is 0.211. The Kier molecular flexibility index (Phi) is 4.79. The van der Waals surface area contributed by atoms with Crippen LogP contribution in [0.15, 0.2) is 53.6 Å². The van der Waals surface area contributed by atoms with Crippen molar-refractivity contribution in [3.05, 3.63) is 65.2 Å². The lowest BCUT2D eigenvalue weighted by Crippen LogP contribution is -2.34. The highest BCUT2D eigenvalue weighted by Gasteiger charge is 2.40. The van der Waals surface area contributed by atoms with Gasteiger partial charge in [-0.05, 0) is 24.6 Å². The largest absolute Gasteiger partial charge is 0.507 e. The molecule has 6 nitrogen and oxygen atoms in total. The van der Waals surface area contributed by atoms with E-state index in [4.69, 9.17) is 0 Å². The lowest BCUT2D eigenvalue weighted by atomic mass is 9.88. The first-order valence-corrected chi connectivity index (χ1v) is 8.01. The summed E-state index contributed by atoms with van der Waals surface area (Å²) >= 11 is 0. The van der Waals surface area contributed by atoms with E-state index in [1.165, 1.54) is 6.21 Å². The van der Waals surface area contributed by atoms with Gasteiger partial charge < -0.3 is 10.4 Å². The smallest absolute Gasteiger partial charge is 0.253 e. The van der Waals surface area contributed by atoms with Crippen LogP contribution in [0.4, 0.5) is 0 Å². The van der Waals surface area contributed by atoms with Gasteiger partial charge in [-0.25, -0.2) is 5.43 Å². The molecule has 0 aliphatic carbocycles. The van der Waals surface area contributed by atoms with Crippen LogP contribution < -0.4 is 10.7 Å². The first-order chi connectivity index (χ1) is 12.1. The van der Waals surface area contributed by atoms with Crippen LogP contribution in [0.1, 0.15) is 22.6 Å². The molecule has 0 saturated carbocycles. The highest BCUT2D eigenvalue weighted by Crippen LogP contribution is 2.29. The van der Waals surface area contributed by atoms with Crippen LogP contribution in [0.25, 0.3) is 0 Å². The van der Waals surface area contributed by atoms with E-state index in [1.807, 2.05) is 37.3 Å². The molecule has 2 aromatic rings. The molecule has 2 unspecified atom stereocenters. The molecule has 3 N–H and O–H groups in total. The number of phenols is 1. The van der Waals surface area contributed by atoms with Gasteiger partial charge in [0, 0.05) is 18.0 Å². The average Bonchev–Trinajstić information content (AvgIpc) is 3.00. The molecule has 2 amide bonds. The van der Waals surface area contributed by atoms with Gasteiger partial charge in [0.05, 0.1) is 6.21 Å². The Hall–Kier alpha value is -3.15. The van der Waals surface area contributed by atoms with Gasteiger partial charge in [-0.1, -0.05) is 42.0 Å². The Labute approximate surface area is 145 Å². The number of rotatable bonds is 4. The van der Waals surface area contributed by atoms with Gasteiger partial charge in [0.2, 0.25) is 5.91 Å². The Morgan fingerprint density at radius 3 is 2.80 bits per heavy atom. The van der Waals surface area contributed by atoms with Gasteiger partial charge in [-0.2, -0.15) is 5.10 Å². The summed E-state index contributed by atoms with van der Waals surface area (Å²) in [6.07, 6.45) is 1.37. The monoisotopic (exact) mass is 337 g/mol. The number of hydrogen-bond donors (Lipinski definition) is 3. The number of aryl methyl sites for hydroxylation is 1. The Morgan fingerprint density at radius 1 is 1.28 bits per heavy atom. The second-order valence-electron chi connectivity index (χ2n) is 6.04. The van der Waals surface area contributed by atoms with Gasteiger partial charge in [-0.3, -0.25) is 9.59 Å². The van der Waals surface area contributed by atoms with E-state index in [-0.39, 0.29) is 17.6 Å². The molecule has 1 heterocycles. The quantitative estimate of drug-likeness (QED) is 0.450. The number of nitrogens with one attached hydrogen (secondary N) is 2. The van der Waals surface area contributed by atoms with Crippen molar-refractivity contribution >= 4 is 18.0 Å². The lowest BCUT2D eigenvalue weighted by Gasteiger charge is -2.15. The van der Waals surface area contributed by atoms with Crippen LogP contribution in [-0.2, 0) is 9.59 Å². The molecule has 1 aliphatic rings. The van der Waals surface area contributed by atoms with Crippen LogP contribution in [0.3, 0.4) is 0 Å². The highest BCUT2D eigenvalue weighted by atomic mass is 16.3. The molecular formula is C19H19N3O3. The molecule has 6 heteroatoms. The van der Waals surface area contributed by atoms with Crippen molar-refractivity contribution in [3.63, 3.8) is 0 Å². The van der Waals surface area contributed by atoms with Crippen molar-refractivity contribution in [3.8, 4) is 5.75 Å². The summed E-state index contributed by atoms with van der Waals surface area (Å²) in [5.74, 6) is -1.75. The molecule has 1 fully saturated rings. The topological polar surface area (TPSA) is 90.8 Å². The molecule has 0 aromatic heterocycles. The summed E-state index contributed by atoms with van der Waals surface area (Å²) in [5, 5.41) is 16.4. The summed E-state index contributed by atoms with van der Waals surface area (Å²) in [5.41, 5.74) is 4.80. The third kappa shape index (κ3) is 3.68. The maximum Gasteiger partial charge on any atom is 0.253 e. The summed E-state index contributed by atoms with van der Waals surface area (Å²) in [7, 11) is 0. The molecule has 0 radical (unpaired) electrons. The molecule has 1 aliphatic heterocycles. The summed E-state index contributed by atoms with van der Waals surface area (Å²) in [4.78, 5) is 24.5. The number of hydrazone groups is 1. The molecule has 25 heavy (non-hydrogen) atoms. The van der Waals surface area contributed by atoms with Gasteiger partial charge in [0.25, 0.3) is 5.91 Å². The van der Waals surface area contributed by atoms with Crippen LogP contribution in [-0.4, -0.2) is 29.7 Å². The standard InChI is InChI=1S/C19H19N3O3/c1-12-7-8-16(23)14(9-12)10-21-22-19(25)17-15(11-20-18(17)24)13-5-3-2-4-6-13/h2-10,15,17,23H,11H2,1H3,(H,20,24)(H,22,25)/b21-10-. The third-order valence-electron chi connectivity index (χ3n) is 4.25. The average molecular weight is 337 g/mol. The number of hydrogen-bond acceptors (Lipinski definition) is 4. The predicted molar refractivity (Wildman–Crippen MR) is 94.3 cm³/mol. The number of carbonyl (C=O) groups is 2. The second kappa shape index (κ2) is 7.17. The minimum absolute atomic E-state index is 0.0735. The summed E-state index contributed by atoms with van der Waals surface area (Å²) in [6.45, 7) is 2.31. The molecule has 2 atom stereocenters. The SMILES string of the molecule is Cc1ccc(O)c(/C=N\NC(=O)C2C(=O)NCC2c2ccccc2)c1. The number of aromatic hydroxyl groups is 1. The maximum atomic E-state index is 12.4. The predicted octanol–water partition coefficient (Wildman–Crippen LogP) is 1.68. The molecule has 128 valence electrons. The van der Waals surface area contributed by atoms with Crippen molar-refractivity contribution < 1.29 is 14.7 Å². The van der Waals surface area contributed by atoms with Crippen LogP contribution in [0, 0.1) is 12.8 Å². The number of carbonyl (C=O) groups excluding carboxylic acids is 2. The summed E-state index contributed by atoms with van der Waals surface area (Å²) in [6, 6.07) is 14.5. The summed E-state index contributed by atoms with van der Waals surface area (Å²) < 4.78 is 0. The van der Waals surface area contributed by atoms with Gasteiger partial charge in [0.15, 0.2) is 0 Å². The van der Waals surface area contributed by atoms with Crippen LogP contribution in [0.2, 0.25) is 0 Å². The Balaban J connectivity index is 1.72. The molecule has 0 spiro atoms. The Bertz CT molecular complexity index is 818. The van der Waals surface area contributed by atoms with E-state index >= 15 is 0 Å². The minimum atomic E-state index is -0.828. The van der Waals surface area contributed by atoms with Crippen molar-refractivity contribution in [2.24, 2.45) is 11.0 Å². The molecule has 1 saturated heterocycles. The zero-order valence-corrected chi connectivity index (χ0v) is 13.8. The van der Waals surface area contributed by atoms with Crippen molar-refractivity contribution in [1.82, 2.24) is 10.7 Å². The normalized spacial score (nSPS) is 19.8. The van der Waals surface area contributed by atoms with Crippen LogP contribution >= 0.6 is 0 Å². The number of nitrogens with zero attached hydrogens (tertiary/aromatic N) is 1. The first-order valence-electron chi connectivity index (χ1n) is 8.01. The van der Waals surface area contributed by atoms with Gasteiger partial charge in [0.1, 0.15) is 11.7 Å². The maximum absolute atomic E-state index is 12.4. The van der Waals surface area contributed by atoms with Gasteiger partial charge >= 0.3 is 0 Å². The van der Waals surface area contributed by atoms with E-state index in [0.717, 1.165) is 11.1 Å². The van der Waals surface area contributed by atoms with E-state index in [0.29, 0.717) is 12.1 Å². The van der Waals surface area contributed by atoms with E-state index in [2.05, 4.69) is 15.8 Å². The van der Waals surface area contributed by atoms with Crippen molar-refractivity contribution in [2.45, 2.75) is 12.8 Å². The van der Waals surface area contributed by atoms with E-state index in [1.54, 1.807) is 18.2 Å². The second-order valence-corrected chi connectivity index (χ2v) is 6.04. The number of benzene rings is 2. The lowest BCUT2D eigenvalue weighted by molar-refractivity contribution is -0.133. The van der Waals surface area contributed by atoms with Crippen molar-refractivity contribution in [1.29, 1.82) is 0 Å². The minimum Gasteiger partial charge on any atom is -0.507 e. The number of phenolic OH excluding ortho intramolecular Hbond substituents is 1. The van der Waals surface area contributed by atoms with E-state index < -0.39 is 11.8 Å². The molecular weight excluding hydrogens is 318 g/mol.